The molecule has 2 aromatic rings. The van der Waals surface area contributed by atoms with Crippen molar-refractivity contribution in [3.8, 4) is 11.1 Å². The van der Waals surface area contributed by atoms with E-state index >= 15 is 0 Å². The summed E-state index contributed by atoms with van der Waals surface area (Å²) >= 11 is 1.06. The molecule has 0 aromatic carbocycles. The molecule has 2 rings (SSSR count). The zero-order valence-corrected chi connectivity index (χ0v) is 9.27. The largest absolute Gasteiger partial charge is 0.478 e. The molecule has 17 heavy (non-hydrogen) atoms. The van der Waals surface area contributed by atoms with Crippen LogP contribution in [0, 0.1) is 0 Å². The summed E-state index contributed by atoms with van der Waals surface area (Å²) in [7, 11) is 0. The lowest BCUT2D eigenvalue weighted by molar-refractivity contribution is 0.0689. The quantitative estimate of drug-likeness (QED) is 0.870. The van der Waals surface area contributed by atoms with E-state index in [-0.39, 0.29) is 10.4 Å². The van der Waals surface area contributed by atoms with Gasteiger partial charge >= 0.3 is 11.9 Å². The van der Waals surface area contributed by atoms with Crippen LogP contribution in [0.4, 0.5) is 0 Å². The van der Waals surface area contributed by atoms with Gasteiger partial charge in [0, 0.05) is 18.0 Å². The van der Waals surface area contributed by atoms with Crippen LogP contribution in [0.2, 0.25) is 0 Å². The van der Waals surface area contributed by atoms with Crippen LogP contribution in [0.1, 0.15) is 20.0 Å². The highest BCUT2D eigenvalue weighted by Gasteiger charge is 2.14. The van der Waals surface area contributed by atoms with Crippen LogP contribution < -0.4 is 0 Å². The smallest absolute Gasteiger partial charge is 0.345 e. The third-order valence-corrected chi connectivity index (χ3v) is 3.09. The normalized spacial score (nSPS) is 10.1. The minimum atomic E-state index is -1.09. The Bertz CT molecular complexity index is 591. The number of nitrogens with zero attached hydrogens (tertiary/aromatic N) is 1. The van der Waals surface area contributed by atoms with Crippen molar-refractivity contribution >= 4 is 23.3 Å². The maximum atomic E-state index is 11.0. The van der Waals surface area contributed by atoms with Crippen LogP contribution in [-0.4, -0.2) is 27.1 Å². The number of hydrogen-bond donors (Lipinski definition) is 2. The molecule has 0 saturated heterocycles. The Morgan fingerprint density at radius 3 is 2.59 bits per heavy atom. The summed E-state index contributed by atoms with van der Waals surface area (Å²) in [6.45, 7) is 0. The van der Waals surface area contributed by atoms with Gasteiger partial charge in [-0.2, -0.15) is 0 Å². The highest BCUT2D eigenvalue weighted by Crippen LogP contribution is 2.28. The van der Waals surface area contributed by atoms with Crippen molar-refractivity contribution in [1.29, 1.82) is 0 Å². The molecule has 2 N–H and O–H groups in total. The highest BCUT2D eigenvalue weighted by atomic mass is 32.1. The first-order valence-electron chi connectivity index (χ1n) is 4.59. The molecule has 0 radical (unpaired) electrons. The monoisotopic (exact) mass is 249 g/mol. The number of aromatic carboxylic acids is 2. The minimum Gasteiger partial charge on any atom is -0.478 e. The van der Waals surface area contributed by atoms with Gasteiger partial charge in [-0.05, 0) is 23.1 Å². The van der Waals surface area contributed by atoms with E-state index in [0.29, 0.717) is 11.1 Å². The fraction of sp³-hybridized carbons (Fsp3) is 0. The predicted octanol–water partition coefficient (Wildman–Crippen LogP) is 2.21. The summed E-state index contributed by atoms with van der Waals surface area (Å²) in [4.78, 5) is 25.6. The molecule has 0 unspecified atom stereocenters. The summed E-state index contributed by atoms with van der Waals surface area (Å²) in [5.74, 6) is -2.11. The van der Waals surface area contributed by atoms with Gasteiger partial charge in [0.1, 0.15) is 4.88 Å². The standard InChI is InChI=1S/C11H7NO4S/c13-10(14)8-4-12-2-1-7(8)6-3-9(11(15)16)17-5-6/h1-5H,(H,13,14)(H,15,16). The number of carbonyl (C=O) groups is 2. The van der Waals surface area contributed by atoms with Crippen molar-refractivity contribution in [2.75, 3.05) is 0 Å². The molecule has 0 amide bonds. The SMILES string of the molecule is O=C(O)c1cc(-c2ccncc2C(=O)O)cs1. The molecule has 0 aliphatic carbocycles. The van der Waals surface area contributed by atoms with Gasteiger partial charge in [-0.25, -0.2) is 9.59 Å². The van der Waals surface area contributed by atoms with E-state index in [0.717, 1.165) is 11.3 Å². The molecule has 2 aromatic heterocycles. The third kappa shape index (κ3) is 2.16. The molecule has 5 nitrogen and oxygen atoms in total. The van der Waals surface area contributed by atoms with Crippen LogP contribution in [0.3, 0.4) is 0 Å². The summed E-state index contributed by atoms with van der Waals surface area (Å²) in [6.07, 6.45) is 2.72. The van der Waals surface area contributed by atoms with E-state index in [1.165, 1.54) is 18.5 Å². The second-order valence-electron chi connectivity index (χ2n) is 3.23. The zero-order chi connectivity index (χ0) is 12.4. The maximum absolute atomic E-state index is 11.0. The molecule has 0 aliphatic heterocycles. The summed E-state index contributed by atoms with van der Waals surface area (Å²) in [6, 6.07) is 3.01. The lowest BCUT2D eigenvalue weighted by atomic mass is 10.0. The molecule has 6 heteroatoms. The van der Waals surface area contributed by atoms with Gasteiger partial charge in [0.2, 0.25) is 0 Å². The number of carboxylic acids is 2. The number of aromatic nitrogens is 1. The van der Waals surface area contributed by atoms with E-state index in [1.807, 2.05) is 0 Å². The van der Waals surface area contributed by atoms with Gasteiger partial charge in [-0.15, -0.1) is 11.3 Å². The van der Waals surface area contributed by atoms with Crippen LogP contribution in [-0.2, 0) is 0 Å². The molecule has 0 aliphatic rings. The fourth-order valence-corrected chi connectivity index (χ4v) is 2.15. The van der Waals surface area contributed by atoms with Gasteiger partial charge < -0.3 is 10.2 Å². The number of pyridine rings is 1. The Morgan fingerprint density at radius 2 is 2.00 bits per heavy atom. The molecular formula is C11H7NO4S. The first-order chi connectivity index (χ1) is 8.09. The summed E-state index contributed by atoms with van der Waals surface area (Å²) in [5.41, 5.74) is 1.10. The fourth-order valence-electron chi connectivity index (χ4n) is 1.41. The molecule has 0 spiro atoms. The lowest BCUT2D eigenvalue weighted by Gasteiger charge is -2.01. The van der Waals surface area contributed by atoms with Crippen molar-refractivity contribution in [3.63, 3.8) is 0 Å². The summed E-state index contributed by atoms with van der Waals surface area (Å²) < 4.78 is 0. The average molecular weight is 249 g/mol. The Kier molecular flexibility index (Phi) is 2.88. The molecule has 0 saturated carbocycles. The van der Waals surface area contributed by atoms with Crippen molar-refractivity contribution in [1.82, 2.24) is 4.98 Å². The minimum absolute atomic E-state index is 0.0576. The van der Waals surface area contributed by atoms with Gasteiger partial charge in [-0.3, -0.25) is 4.98 Å². The van der Waals surface area contributed by atoms with E-state index in [4.69, 9.17) is 10.2 Å². The Morgan fingerprint density at radius 1 is 1.24 bits per heavy atom. The molecule has 86 valence electrons. The average Bonchev–Trinajstić information content (AvgIpc) is 2.78. The second-order valence-corrected chi connectivity index (χ2v) is 4.14. The van der Waals surface area contributed by atoms with Crippen molar-refractivity contribution in [2.24, 2.45) is 0 Å². The van der Waals surface area contributed by atoms with E-state index in [2.05, 4.69) is 4.98 Å². The lowest BCUT2D eigenvalue weighted by Crippen LogP contribution is -1.99. The van der Waals surface area contributed by atoms with Crippen LogP contribution in [0.5, 0.6) is 0 Å². The Hall–Kier alpha value is -2.21. The number of thiophene rings is 1. The number of hydrogen-bond acceptors (Lipinski definition) is 4. The molecular weight excluding hydrogens is 242 g/mol. The zero-order valence-electron chi connectivity index (χ0n) is 8.45. The van der Waals surface area contributed by atoms with Crippen LogP contribution >= 0.6 is 11.3 Å². The Balaban J connectivity index is 2.52. The first kappa shape index (κ1) is 11.3. The van der Waals surface area contributed by atoms with Crippen molar-refractivity contribution in [2.45, 2.75) is 0 Å². The predicted molar refractivity (Wildman–Crippen MR) is 61.5 cm³/mol. The molecule has 2 heterocycles. The topological polar surface area (TPSA) is 87.5 Å². The van der Waals surface area contributed by atoms with E-state index in [9.17, 15) is 9.59 Å². The van der Waals surface area contributed by atoms with Crippen LogP contribution in [0.25, 0.3) is 11.1 Å². The molecule has 0 atom stereocenters. The van der Waals surface area contributed by atoms with Crippen LogP contribution in [0.15, 0.2) is 29.9 Å². The van der Waals surface area contributed by atoms with Gasteiger partial charge in [0.15, 0.2) is 0 Å². The number of rotatable bonds is 3. The third-order valence-electron chi connectivity index (χ3n) is 2.17. The van der Waals surface area contributed by atoms with Gasteiger partial charge in [0.25, 0.3) is 0 Å². The van der Waals surface area contributed by atoms with Crippen molar-refractivity contribution in [3.05, 3.63) is 40.3 Å². The van der Waals surface area contributed by atoms with Gasteiger partial charge in [-0.1, -0.05) is 0 Å². The summed E-state index contributed by atoms with van der Waals surface area (Å²) in [5, 5.41) is 19.4. The van der Waals surface area contributed by atoms with E-state index < -0.39 is 11.9 Å². The maximum Gasteiger partial charge on any atom is 0.345 e. The Labute approximate surface area is 100.0 Å². The second kappa shape index (κ2) is 4.34. The van der Waals surface area contributed by atoms with E-state index in [1.54, 1.807) is 11.4 Å². The molecule has 0 fully saturated rings. The van der Waals surface area contributed by atoms with Crippen molar-refractivity contribution < 1.29 is 19.8 Å². The number of carboxylic acid groups (broad SMARTS) is 2. The first-order valence-corrected chi connectivity index (χ1v) is 5.47. The molecule has 0 bridgehead atoms. The van der Waals surface area contributed by atoms with Gasteiger partial charge in [0.05, 0.1) is 5.56 Å². The highest BCUT2D eigenvalue weighted by molar-refractivity contribution is 7.12.